The molecule has 0 aliphatic carbocycles. The van der Waals surface area contributed by atoms with E-state index in [-0.39, 0.29) is 11.7 Å². The topological polar surface area (TPSA) is 68.5 Å². The first-order valence-electron chi connectivity index (χ1n) is 9.89. The van der Waals surface area contributed by atoms with Gasteiger partial charge in [-0.25, -0.2) is 14.4 Å². The number of carbonyl (C=O) groups excluding carboxylic acids is 1. The number of imidazole rings is 1. The molecule has 0 unspecified atom stereocenters. The zero-order valence-corrected chi connectivity index (χ0v) is 16.0. The Kier molecular flexibility index (Phi) is 3.65. The van der Waals surface area contributed by atoms with Crippen LogP contribution in [0.2, 0.25) is 0 Å². The Balaban J connectivity index is 1.44. The first-order chi connectivity index (χ1) is 14.7. The van der Waals surface area contributed by atoms with E-state index in [0.717, 1.165) is 45.9 Å². The average Bonchev–Trinajstić information content (AvgIpc) is 3.38. The summed E-state index contributed by atoms with van der Waals surface area (Å²) in [4.78, 5) is 21.7. The molecule has 6 rings (SSSR count). The molecule has 6 nitrogen and oxygen atoms in total. The van der Waals surface area contributed by atoms with E-state index in [1.165, 1.54) is 6.07 Å². The largest absolute Gasteiger partial charge is 0.493 e. The van der Waals surface area contributed by atoms with Crippen LogP contribution in [0.25, 0.3) is 16.6 Å². The van der Waals surface area contributed by atoms with Gasteiger partial charge in [0.15, 0.2) is 5.69 Å². The zero-order chi connectivity index (χ0) is 20.2. The SMILES string of the molecule is O=C1Nc2ccccc2-c2cnc(CCc3c(F)ccc4c3CCO4)n3cnc1c23. The number of nitrogens with zero attached hydrogens (tertiary/aromatic N) is 3. The van der Waals surface area contributed by atoms with Crippen molar-refractivity contribution in [2.45, 2.75) is 19.3 Å². The maximum atomic E-state index is 14.5. The van der Waals surface area contributed by atoms with Gasteiger partial charge in [-0.3, -0.25) is 9.20 Å². The van der Waals surface area contributed by atoms with E-state index < -0.39 is 0 Å². The third-order valence-electron chi connectivity index (χ3n) is 5.86. The lowest BCUT2D eigenvalue weighted by molar-refractivity contribution is 0.102. The lowest BCUT2D eigenvalue weighted by Crippen LogP contribution is -2.11. The molecule has 2 aromatic carbocycles. The molecule has 1 amide bonds. The van der Waals surface area contributed by atoms with Crippen molar-refractivity contribution in [1.29, 1.82) is 0 Å². The van der Waals surface area contributed by atoms with Gasteiger partial charge in [0.05, 0.1) is 12.1 Å². The highest BCUT2D eigenvalue weighted by atomic mass is 19.1. The summed E-state index contributed by atoms with van der Waals surface area (Å²) in [6, 6.07) is 10.8. The van der Waals surface area contributed by atoms with Crippen LogP contribution >= 0.6 is 0 Å². The lowest BCUT2D eigenvalue weighted by Gasteiger charge is -2.12. The fraction of sp³-hybridized carbons (Fsp3) is 0.174. The number of fused-ring (bicyclic) bond motifs is 3. The smallest absolute Gasteiger partial charge is 0.276 e. The van der Waals surface area contributed by atoms with Crippen molar-refractivity contribution in [3.8, 4) is 16.9 Å². The number of hydrogen-bond donors (Lipinski definition) is 1. The summed E-state index contributed by atoms with van der Waals surface area (Å²) in [6.45, 7) is 0.586. The van der Waals surface area contributed by atoms with Gasteiger partial charge in [0.25, 0.3) is 5.91 Å². The van der Waals surface area contributed by atoms with Gasteiger partial charge in [-0.2, -0.15) is 0 Å². The molecule has 7 heteroatoms. The number of hydrogen-bond acceptors (Lipinski definition) is 4. The fourth-order valence-corrected chi connectivity index (χ4v) is 4.44. The quantitative estimate of drug-likeness (QED) is 0.568. The van der Waals surface area contributed by atoms with E-state index in [1.807, 2.05) is 28.7 Å². The summed E-state index contributed by atoms with van der Waals surface area (Å²) >= 11 is 0. The van der Waals surface area contributed by atoms with E-state index in [4.69, 9.17) is 4.74 Å². The highest BCUT2D eigenvalue weighted by molar-refractivity contribution is 6.14. The van der Waals surface area contributed by atoms with E-state index in [1.54, 1.807) is 18.6 Å². The van der Waals surface area contributed by atoms with E-state index in [2.05, 4.69) is 15.3 Å². The van der Waals surface area contributed by atoms with Crippen LogP contribution in [0, 0.1) is 5.82 Å². The number of carbonyl (C=O) groups is 1. The second-order valence-corrected chi connectivity index (χ2v) is 7.50. The van der Waals surface area contributed by atoms with E-state index in [0.29, 0.717) is 30.7 Å². The van der Waals surface area contributed by atoms with Gasteiger partial charge in [0, 0.05) is 41.4 Å². The fourth-order valence-electron chi connectivity index (χ4n) is 4.44. The molecule has 0 radical (unpaired) electrons. The van der Waals surface area contributed by atoms with Crippen LogP contribution in [0.15, 0.2) is 48.9 Å². The van der Waals surface area contributed by atoms with Gasteiger partial charge in [-0.05, 0) is 30.2 Å². The number of aryl methyl sites for hydroxylation is 1. The number of nitrogens with one attached hydrogen (secondary N) is 1. The van der Waals surface area contributed by atoms with Crippen LogP contribution in [0.3, 0.4) is 0 Å². The third-order valence-corrected chi connectivity index (χ3v) is 5.86. The first kappa shape index (κ1) is 17.1. The molecule has 0 bridgehead atoms. The van der Waals surface area contributed by atoms with Gasteiger partial charge in [0.2, 0.25) is 0 Å². The summed E-state index contributed by atoms with van der Waals surface area (Å²) in [5.74, 6) is 1.04. The first-order valence-corrected chi connectivity index (χ1v) is 9.89. The molecule has 148 valence electrons. The minimum absolute atomic E-state index is 0.218. The minimum atomic E-state index is -0.245. The standard InChI is InChI=1S/C23H17FN4O2/c24-17-6-7-19-15(9-10-30-19)13(17)5-8-20-25-11-16-14-3-1-2-4-18(14)27-23(29)21-22(16)28(20)12-26-21/h1-4,6-7,11-12H,5,8-10H2,(H,27,29). The Labute approximate surface area is 171 Å². The summed E-state index contributed by atoms with van der Waals surface area (Å²) in [5, 5.41) is 2.92. The zero-order valence-electron chi connectivity index (χ0n) is 16.0. The second kappa shape index (κ2) is 6.38. The second-order valence-electron chi connectivity index (χ2n) is 7.50. The number of aromatic nitrogens is 3. The Morgan fingerprint density at radius 3 is 2.93 bits per heavy atom. The van der Waals surface area contributed by atoms with E-state index >= 15 is 0 Å². The highest BCUT2D eigenvalue weighted by Crippen LogP contribution is 2.36. The predicted molar refractivity (Wildman–Crippen MR) is 109 cm³/mol. The minimum Gasteiger partial charge on any atom is -0.493 e. The summed E-state index contributed by atoms with van der Waals surface area (Å²) in [6.07, 6.45) is 5.14. The van der Waals surface area contributed by atoms with Crippen LogP contribution in [0.1, 0.15) is 27.4 Å². The molecular weight excluding hydrogens is 383 g/mol. The Hall–Kier alpha value is -3.74. The molecule has 0 saturated heterocycles. The van der Waals surface area contributed by atoms with Crippen molar-refractivity contribution < 1.29 is 13.9 Å². The number of benzene rings is 2. The molecule has 1 N–H and O–H groups in total. The molecular formula is C23H17FN4O2. The van der Waals surface area contributed by atoms with Gasteiger partial charge in [-0.1, -0.05) is 18.2 Å². The normalized spacial score (nSPS) is 14.1. The lowest BCUT2D eigenvalue weighted by atomic mass is 9.99. The van der Waals surface area contributed by atoms with Gasteiger partial charge >= 0.3 is 0 Å². The van der Waals surface area contributed by atoms with Crippen molar-refractivity contribution in [3.63, 3.8) is 0 Å². The van der Waals surface area contributed by atoms with Crippen LogP contribution in [-0.4, -0.2) is 26.9 Å². The monoisotopic (exact) mass is 400 g/mol. The number of rotatable bonds is 3. The Morgan fingerprint density at radius 1 is 1.10 bits per heavy atom. The van der Waals surface area contributed by atoms with Crippen molar-refractivity contribution in [2.24, 2.45) is 0 Å². The summed E-state index contributed by atoms with van der Waals surface area (Å²) < 4.78 is 21.9. The van der Waals surface area contributed by atoms with E-state index in [9.17, 15) is 9.18 Å². The van der Waals surface area contributed by atoms with Crippen LogP contribution in [0.5, 0.6) is 5.75 Å². The van der Waals surface area contributed by atoms with Crippen LogP contribution in [-0.2, 0) is 19.3 Å². The third kappa shape index (κ3) is 2.45. The Bertz CT molecular complexity index is 1340. The highest BCUT2D eigenvalue weighted by Gasteiger charge is 2.25. The van der Waals surface area contributed by atoms with Gasteiger partial charge < -0.3 is 10.1 Å². The molecule has 2 aliphatic heterocycles. The van der Waals surface area contributed by atoms with Crippen LogP contribution < -0.4 is 10.1 Å². The molecule has 4 aromatic rings. The summed E-state index contributed by atoms with van der Waals surface area (Å²) in [5.41, 5.74) is 5.20. The summed E-state index contributed by atoms with van der Waals surface area (Å²) in [7, 11) is 0. The molecule has 0 atom stereocenters. The number of amides is 1. The Morgan fingerprint density at radius 2 is 2.00 bits per heavy atom. The number of anilines is 1. The maximum Gasteiger partial charge on any atom is 0.276 e. The average molecular weight is 400 g/mol. The molecule has 0 fully saturated rings. The van der Waals surface area contributed by atoms with Crippen molar-refractivity contribution in [3.05, 3.63) is 77.4 Å². The van der Waals surface area contributed by atoms with Gasteiger partial charge in [0.1, 0.15) is 23.7 Å². The number of ether oxygens (including phenoxy) is 1. The van der Waals surface area contributed by atoms with Crippen molar-refractivity contribution >= 4 is 17.1 Å². The number of para-hydroxylation sites is 1. The predicted octanol–water partition coefficient (Wildman–Crippen LogP) is 3.82. The molecule has 0 spiro atoms. The molecule has 2 aliphatic rings. The van der Waals surface area contributed by atoms with Crippen molar-refractivity contribution in [1.82, 2.24) is 14.4 Å². The molecule has 0 saturated carbocycles. The molecule has 4 heterocycles. The van der Waals surface area contributed by atoms with Gasteiger partial charge in [-0.15, -0.1) is 0 Å². The van der Waals surface area contributed by atoms with Crippen molar-refractivity contribution in [2.75, 3.05) is 11.9 Å². The maximum absolute atomic E-state index is 14.5. The number of halogens is 1. The van der Waals surface area contributed by atoms with Crippen LogP contribution in [0.4, 0.5) is 10.1 Å². The molecule has 30 heavy (non-hydrogen) atoms. The molecule has 2 aromatic heterocycles.